The number of amides is 1. The Morgan fingerprint density at radius 1 is 1.19 bits per heavy atom. The van der Waals surface area contributed by atoms with Crippen molar-refractivity contribution in [2.75, 3.05) is 24.5 Å². The minimum Gasteiger partial charge on any atom is -0.372 e. The van der Waals surface area contributed by atoms with E-state index in [1.807, 2.05) is 0 Å². The number of hydrogen-bond acceptors (Lipinski definition) is 2. The Morgan fingerprint density at radius 3 is 2.48 bits per heavy atom. The Kier molecular flexibility index (Phi) is 6.09. The van der Waals surface area contributed by atoms with Gasteiger partial charge in [0.1, 0.15) is 0 Å². The molecule has 0 radical (unpaired) electrons. The number of anilines is 1. The third-order valence-electron chi connectivity index (χ3n) is 4.09. The summed E-state index contributed by atoms with van der Waals surface area (Å²) in [5.41, 5.74) is 2.56. The Bertz CT molecular complexity index is 433. The van der Waals surface area contributed by atoms with E-state index in [0.29, 0.717) is 12.3 Å². The van der Waals surface area contributed by atoms with Crippen molar-refractivity contribution in [3.63, 3.8) is 0 Å². The number of aryl methyl sites for hydroxylation is 1. The van der Waals surface area contributed by atoms with E-state index in [1.165, 1.54) is 37.2 Å². The Balaban J connectivity index is 1.71. The van der Waals surface area contributed by atoms with Gasteiger partial charge in [0.2, 0.25) is 5.91 Å². The van der Waals surface area contributed by atoms with Crippen molar-refractivity contribution in [3.8, 4) is 0 Å². The Labute approximate surface area is 128 Å². The standard InChI is InChI=1S/C18H28N2O/c1-15(2)11-12-19-18(21)10-7-16-5-8-17(9-6-16)20-13-3-4-14-20/h5-6,8-9,15H,3-4,7,10-14H2,1-2H3,(H,19,21). The van der Waals surface area contributed by atoms with Gasteiger partial charge in [-0.05, 0) is 49.3 Å². The lowest BCUT2D eigenvalue weighted by Gasteiger charge is -2.17. The Hall–Kier alpha value is -1.51. The molecule has 0 aliphatic carbocycles. The number of nitrogens with zero attached hydrogens (tertiary/aromatic N) is 1. The summed E-state index contributed by atoms with van der Waals surface area (Å²) in [4.78, 5) is 14.2. The molecule has 0 spiro atoms. The summed E-state index contributed by atoms with van der Waals surface area (Å²) in [5, 5.41) is 2.99. The number of carbonyl (C=O) groups excluding carboxylic acids is 1. The molecular formula is C18H28N2O. The van der Waals surface area contributed by atoms with Crippen LogP contribution in [0.4, 0.5) is 5.69 Å². The first-order chi connectivity index (χ1) is 10.1. The molecule has 1 N–H and O–H groups in total. The maximum Gasteiger partial charge on any atom is 0.220 e. The van der Waals surface area contributed by atoms with Crippen LogP contribution in [-0.2, 0) is 11.2 Å². The highest BCUT2D eigenvalue weighted by Crippen LogP contribution is 2.20. The molecule has 1 aromatic carbocycles. The van der Waals surface area contributed by atoms with Crippen molar-refractivity contribution in [1.82, 2.24) is 5.32 Å². The second kappa shape index (κ2) is 8.06. The SMILES string of the molecule is CC(C)CCNC(=O)CCc1ccc(N2CCCC2)cc1. The molecule has 0 saturated carbocycles. The molecule has 3 heteroatoms. The molecule has 1 aliphatic heterocycles. The van der Waals surface area contributed by atoms with Gasteiger partial charge in [0, 0.05) is 31.7 Å². The molecule has 1 heterocycles. The zero-order valence-electron chi connectivity index (χ0n) is 13.4. The first-order valence-corrected chi connectivity index (χ1v) is 8.26. The predicted octanol–water partition coefficient (Wildman–Crippen LogP) is 3.38. The molecule has 1 fully saturated rings. The lowest BCUT2D eigenvalue weighted by atomic mass is 10.1. The fourth-order valence-electron chi connectivity index (χ4n) is 2.70. The van der Waals surface area contributed by atoms with Crippen LogP contribution in [0.15, 0.2) is 24.3 Å². The second-order valence-corrected chi connectivity index (χ2v) is 6.39. The molecule has 1 saturated heterocycles. The maximum absolute atomic E-state index is 11.8. The van der Waals surface area contributed by atoms with Crippen LogP contribution in [0, 0.1) is 5.92 Å². The molecule has 3 nitrogen and oxygen atoms in total. The van der Waals surface area contributed by atoms with Crippen LogP contribution < -0.4 is 10.2 Å². The van der Waals surface area contributed by atoms with Crippen LogP contribution >= 0.6 is 0 Å². The summed E-state index contributed by atoms with van der Waals surface area (Å²) in [6.07, 6.45) is 5.07. The van der Waals surface area contributed by atoms with Gasteiger partial charge in [-0.1, -0.05) is 26.0 Å². The monoisotopic (exact) mass is 288 g/mol. The molecule has 0 atom stereocenters. The van der Waals surface area contributed by atoms with Gasteiger partial charge in [0.05, 0.1) is 0 Å². The van der Waals surface area contributed by atoms with Gasteiger partial charge < -0.3 is 10.2 Å². The molecule has 1 amide bonds. The molecule has 21 heavy (non-hydrogen) atoms. The average molecular weight is 288 g/mol. The molecule has 0 bridgehead atoms. The van der Waals surface area contributed by atoms with Crippen LogP contribution in [0.25, 0.3) is 0 Å². The summed E-state index contributed by atoms with van der Waals surface area (Å²) >= 11 is 0. The molecule has 0 unspecified atom stereocenters. The number of benzene rings is 1. The first kappa shape index (κ1) is 15.9. The van der Waals surface area contributed by atoms with Gasteiger partial charge >= 0.3 is 0 Å². The zero-order chi connectivity index (χ0) is 15.1. The van der Waals surface area contributed by atoms with E-state index < -0.39 is 0 Å². The fraction of sp³-hybridized carbons (Fsp3) is 0.611. The van der Waals surface area contributed by atoms with E-state index in [-0.39, 0.29) is 5.91 Å². The molecule has 1 aliphatic rings. The van der Waals surface area contributed by atoms with Crippen molar-refractivity contribution < 1.29 is 4.79 Å². The van der Waals surface area contributed by atoms with E-state index in [9.17, 15) is 4.79 Å². The number of carbonyl (C=O) groups is 1. The van der Waals surface area contributed by atoms with Crippen molar-refractivity contribution in [2.24, 2.45) is 5.92 Å². The largest absolute Gasteiger partial charge is 0.372 e. The second-order valence-electron chi connectivity index (χ2n) is 6.39. The lowest BCUT2D eigenvalue weighted by Crippen LogP contribution is -2.25. The van der Waals surface area contributed by atoms with Gasteiger partial charge in [-0.25, -0.2) is 0 Å². The minimum absolute atomic E-state index is 0.166. The van der Waals surface area contributed by atoms with Gasteiger partial charge in [0.25, 0.3) is 0 Å². The number of hydrogen-bond donors (Lipinski definition) is 1. The third-order valence-corrected chi connectivity index (χ3v) is 4.09. The quantitative estimate of drug-likeness (QED) is 0.834. The molecule has 2 rings (SSSR count). The van der Waals surface area contributed by atoms with Crippen LogP contribution in [-0.4, -0.2) is 25.5 Å². The topological polar surface area (TPSA) is 32.3 Å². The van der Waals surface area contributed by atoms with Crippen LogP contribution in [0.1, 0.15) is 45.1 Å². The molecule has 1 aromatic rings. The highest BCUT2D eigenvalue weighted by atomic mass is 16.1. The summed E-state index contributed by atoms with van der Waals surface area (Å²) in [7, 11) is 0. The van der Waals surface area contributed by atoms with E-state index in [2.05, 4.69) is 48.3 Å². The summed E-state index contributed by atoms with van der Waals surface area (Å²) in [6.45, 7) is 7.50. The van der Waals surface area contributed by atoms with Gasteiger partial charge in [-0.3, -0.25) is 4.79 Å². The summed E-state index contributed by atoms with van der Waals surface area (Å²) in [5.74, 6) is 0.808. The van der Waals surface area contributed by atoms with Crippen molar-refractivity contribution in [1.29, 1.82) is 0 Å². The van der Waals surface area contributed by atoms with Gasteiger partial charge in [-0.15, -0.1) is 0 Å². The normalized spacial score (nSPS) is 14.7. The highest BCUT2D eigenvalue weighted by molar-refractivity contribution is 5.76. The van der Waals surface area contributed by atoms with Gasteiger partial charge in [-0.2, -0.15) is 0 Å². The molecule has 116 valence electrons. The van der Waals surface area contributed by atoms with E-state index >= 15 is 0 Å². The summed E-state index contributed by atoms with van der Waals surface area (Å²) < 4.78 is 0. The third kappa shape index (κ3) is 5.41. The van der Waals surface area contributed by atoms with Crippen LogP contribution in [0.2, 0.25) is 0 Å². The predicted molar refractivity (Wildman–Crippen MR) is 88.7 cm³/mol. The van der Waals surface area contributed by atoms with E-state index in [1.54, 1.807) is 0 Å². The maximum atomic E-state index is 11.8. The van der Waals surface area contributed by atoms with Crippen molar-refractivity contribution in [3.05, 3.63) is 29.8 Å². The Morgan fingerprint density at radius 2 is 1.86 bits per heavy atom. The first-order valence-electron chi connectivity index (χ1n) is 8.26. The fourth-order valence-corrected chi connectivity index (χ4v) is 2.70. The minimum atomic E-state index is 0.166. The lowest BCUT2D eigenvalue weighted by molar-refractivity contribution is -0.121. The van der Waals surface area contributed by atoms with Crippen molar-refractivity contribution in [2.45, 2.75) is 46.0 Å². The highest BCUT2D eigenvalue weighted by Gasteiger charge is 2.11. The summed E-state index contributed by atoms with van der Waals surface area (Å²) in [6, 6.07) is 8.71. The number of rotatable bonds is 7. The van der Waals surface area contributed by atoms with Gasteiger partial charge in [0.15, 0.2) is 0 Å². The van der Waals surface area contributed by atoms with Crippen molar-refractivity contribution >= 4 is 11.6 Å². The van der Waals surface area contributed by atoms with Crippen LogP contribution in [0.5, 0.6) is 0 Å². The van der Waals surface area contributed by atoms with E-state index in [0.717, 1.165) is 19.4 Å². The zero-order valence-corrected chi connectivity index (χ0v) is 13.4. The molecular weight excluding hydrogens is 260 g/mol. The average Bonchev–Trinajstić information content (AvgIpc) is 2.99. The molecule has 0 aromatic heterocycles. The van der Waals surface area contributed by atoms with Crippen LogP contribution in [0.3, 0.4) is 0 Å². The number of nitrogens with one attached hydrogen (secondary N) is 1. The van der Waals surface area contributed by atoms with E-state index in [4.69, 9.17) is 0 Å². The smallest absolute Gasteiger partial charge is 0.220 e.